The first-order valence-electron chi connectivity index (χ1n) is 6.65. The number of anilines is 2. The highest BCUT2D eigenvalue weighted by molar-refractivity contribution is 9.10. The molecule has 0 unspecified atom stereocenters. The molecule has 0 bridgehead atoms. The number of carbonyl (C=O) groups excluding carboxylic acids is 1. The summed E-state index contributed by atoms with van der Waals surface area (Å²) in [5, 5.41) is 8.51. The van der Waals surface area contributed by atoms with E-state index in [-0.39, 0.29) is 6.03 Å². The summed E-state index contributed by atoms with van der Waals surface area (Å²) in [5.74, 6) is 0. The van der Waals surface area contributed by atoms with E-state index < -0.39 is 0 Å². The van der Waals surface area contributed by atoms with Crippen LogP contribution in [-0.2, 0) is 0 Å². The van der Waals surface area contributed by atoms with Crippen molar-refractivity contribution in [3.8, 4) is 11.3 Å². The van der Waals surface area contributed by atoms with Crippen LogP contribution in [0.5, 0.6) is 0 Å². The molecule has 0 aliphatic heterocycles. The van der Waals surface area contributed by atoms with Crippen molar-refractivity contribution in [2.75, 3.05) is 10.6 Å². The average molecular weight is 409 g/mol. The van der Waals surface area contributed by atoms with Crippen molar-refractivity contribution in [3.63, 3.8) is 0 Å². The summed E-state index contributed by atoms with van der Waals surface area (Å²) in [7, 11) is 0. The standard InChI is InChI=1S/C16H11BrClN3OS/c17-11-3-1-10(2-4-11)14-9-23-16(20-14)21-15(22)19-13-7-5-12(18)6-8-13/h1-9H,(H2,19,20,21,22). The van der Waals surface area contributed by atoms with Gasteiger partial charge in [-0.25, -0.2) is 9.78 Å². The lowest BCUT2D eigenvalue weighted by Gasteiger charge is -2.05. The third-order valence-electron chi connectivity index (χ3n) is 2.97. The first-order valence-corrected chi connectivity index (χ1v) is 8.70. The predicted octanol–water partition coefficient (Wildman–Crippen LogP) is 5.87. The zero-order chi connectivity index (χ0) is 16.2. The Morgan fingerprint density at radius 3 is 2.43 bits per heavy atom. The third kappa shape index (κ3) is 4.31. The Balaban J connectivity index is 1.65. The molecule has 4 nitrogen and oxygen atoms in total. The maximum Gasteiger partial charge on any atom is 0.325 e. The number of urea groups is 1. The van der Waals surface area contributed by atoms with Crippen LogP contribution in [0, 0.1) is 0 Å². The minimum absolute atomic E-state index is 0.343. The van der Waals surface area contributed by atoms with Crippen molar-refractivity contribution in [2.45, 2.75) is 0 Å². The monoisotopic (exact) mass is 407 g/mol. The zero-order valence-corrected chi connectivity index (χ0v) is 14.9. The molecule has 23 heavy (non-hydrogen) atoms. The molecule has 1 heterocycles. The number of nitrogens with one attached hydrogen (secondary N) is 2. The second-order valence-corrected chi connectivity index (χ2v) is 6.84. The highest BCUT2D eigenvalue weighted by Gasteiger charge is 2.08. The number of carbonyl (C=O) groups is 1. The Morgan fingerprint density at radius 1 is 1.04 bits per heavy atom. The molecule has 7 heteroatoms. The number of thiazole rings is 1. The lowest BCUT2D eigenvalue weighted by Crippen LogP contribution is -2.19. The Kier molecular flexibility index (Phi) is 4.95. The van der Waals surface area contributed by atoms with Crippen LogP contribution in [0.4, 0.5) is 15.6 Å². The normalized spacial score (nSPS) is 10.3. The van der Waals surface area contributed by atoms with E-state index >= 15 is 0 Å². The molecule has 1 aromatic heterocycles. The smallest absolute Gasteiger partial charge is 0.308 e. The molecule has 2 amide bonds. The van der Waals surface area contributed by atoms with Crippen molar-refractivity contribution in [1.29, 1.82) is 0 Å². The average Bonchev–Trinajstić information content (AvgIpc) is 2.98. The van der Waals surface area contributed by atoms with Gasteiger partial charge in [-0.3, -0.25) is 5.32 Å². The van der Waals surface area contributed by atoms with Crippen LogP contribution >= 0.6 is 38.9 Å². The lowest BCUT2D eigenvalue weighted by molar-refractivity contribution is 0.262. The van der Waals surface area contributed by atoms with E-state index in [1.165, 1.54) is 11.3 Å². The van der Waals surface area contributed by atoms with Gasteiger partial charge >= 0.3 is 6.03 Å². The van der Waals surface area contributed by atoms with Crippen LogP contribution in [0.25, 0.3) is 11.3 Å². The van der Waals surface area contributed by atoms with E-state index in [1.807, 2.05) is 29.6 Å². The summed E-state index contributed by atoms with van der Waals surface area (Å²) in [4.78, 5) is 16.4. The van der Waals surface area contributed by atoms with E-state index in [9.17, 15) is 4.79 Å². The largest absolute Gasteiger partial charge is 0.325 e. The van der Waals surface area contributed by atoms with Crippen LogP contribution < -0.4 is 10.6 Å². The number of aromatic nitrogens is 1. The Morgan fingerprint density at radius 2 is 1.74 bits per heavy atom. The number of nitrogens with zero attached hydrogens (tertiary/aromatic N) is 1. The van der Waals surface area contributed by atoms with E-state index in [0.717, 1.165) is 15.7 Å². The number of hydrogen-bond acceptors (Lipinski definition) is 3. The molecule has 0 aliphatic rings. The first-order chi connectivity index (χ1) is 11.1. The van der Waals surface area contributed by atoms with E-state index in [4.69, 9.17) is 11.6 Å². The van der Waals surface area contributed by atoms with Crippen LogP contribution in [0.2, 0.25) is 5.02 Å². The van der Waals surface area contributed by atoms with Crippen LogP contribution in [0.3, 0.4) is 0 Å². The van der Waals surface area contributed by atoms with Gasteiger partial charge in [-0.2, -0.15) is 0 Å². The number of rotatable bonds is 3. The van der Waals surface area contributed by atoms with Crippen molar-refractivity contribution in [3.05, 3.63) is 63.4 Å². The van der Waals surface area contributed by atoms with E-state index in [2.05, 4.69) is 31.5 Å². The van der Waals surface area contributed by atoms with Gasteiger partial charge in [0.25, 0.3) is 0 Å². The molecule has 0 saturated carbocycles. The van der Waals surface area contributed by atoms with Gasteiger partial charge < -0.3 is 5.32 Å². The van der Waals surface area contributed by atoms with Crippen LogP contribution in [0.15, 0.2) is 58.4 Å². The Bertz CT molecular complexity index is 818. The zero-order valence-electron chi connectivity index (χ0n) is 11.7. The highest BCUT2D eigenvalue weighted by atomic mass is 79.9. The van der Waals surface area contributed by atoms with Crippen LogP contribution in [0.1, 0.15) is 0 Å². The minimum atomic E-state index is -0.343. The van der Waals surface area contributed by atoms with Gasteiger partial charge in [0.05, 0.1) is 5.69 Å². The SMILES string of the molecule is O=C(Nc1ccc(Cl)cc1)Nc1nc(-c2ccc(Br)cc2)cs1. The fourth-order valence-electron chi connectivity index (χ4n) is 1.88. The molecule has 0 spiro atoms. The quantitative estimate of drug-likeness (QED) is 0.569. The molecular formula is C16H11BrClN3OS. The topological polar surface area (TPSA) is 54.0 Å². The van der Waals surface area contributed by atoms with E-state index in [1.54, 1.807) is 24.3 Å². The van der Waals surface area contributed by atoms with Crippen molar-refractivity contribution in [2.24, 2.45) is 0 Å². The minimum Gasteiger partial charge on any atom is -0.308 e. The number of hydrogen-bond donors (Lipinski definition) is 2. The molecule has 0 fully saturated rings. The number of amides is 2. The lowest BCUT2D eigenvalue weighted by atomic mass is 10.2. The van der Waals surface area contributed by atoms with Crippen molar-refractivity contribution < 1.29 is 4.79 Å². The molecule has 116 valence electrons. The van der Waals surface area contributed by atoms with Gasteiger partial charge in [0.2, 0.25) is 0 Å². The number of benzene rings is 2. The molecule has 2 aromatic carbocycles. The molecule has 3 rings (SSSR count). The summed E-state index contributed by atoms with van der Waals surface area (Å²) >= 11 is 10.6. The van der Waals surface area contributed by atoms with Crippen molar-refractivity contribution in [1.82, 2.24) is 4.98 Å². The maximum atomic E-state index is 12.0. The summed E-state index contributed by atoms with van der Waals surface area (Å²) in [6.07, 6.45) is 0. The van der Waals surface area contributed by atoms with Gasteiger partial charge in [-0.1, -0.05) is 39.7 Å². The fraction of sp³-hybridized carbons (Fsp3) is 0. The summed E-state index contributed by atoms with van der Waals surface area (Å²) in [6.45, 7) is 0. The maximum absolute atomic E-state index is 12.0. The van der Waals surface area contributed by atoms with Gasteiger partial charge in [0.15, 0.2) is 5.13 Å². The van der Waals surface area contributed by atoms with Crippen LogP contribution in [-0.4, -0.2) is 11.0 Å². The highest BCUT2D eigenvalue weighted by Crippen LogP contribution is 2.26. The van der Waals surface area contributed by atoms with Gasteiger partial charge in [0, 0.05) is 26.1 Å². The molecule has 2 N–H and O–H groups in total. The molecular weight excluding hydrogens is 398 g/mol. The summed E-state index contributed by atoms with van der Waals surface area (Å²) in [5.41, 5.74) is 2.48. The first kappa shape index (κ1) is 16.0. The van der Waals surface area contributed by atoms with Gasteiger partial charge in [-0.05, 0) is 36.4 Å². The van der Waals surface area contributed by atoms with Gasteiger partial charge in [0.1, 0.15) is 0 Å². The second kappa shape index (κ2) is 7.12. The summed E-state index contributed by atoms with van der Waals surface area (Å²) in [6, 6.07) is 14.4. The van der Waals surface area contributed by atoms with Gasteiger partial charge in [-0.15, -0.1) is 11.3 Å². The fourth-order valence-corrected chi connectivity index (χ4v) is 2.98. The molecule has 0 aliphatic carbocycles. The Hall–Kier alpha value is -1.89. The number of halogens is 2. The molecule has 3 aromatic rings. The van der Waals surface area contributed by atoms with Crippen molar-refractivity contribution >= 4 is 55.7 Å². The third-order valence-corrected chi connectivity index (χ3v) is 4.51. The Labute approximate surface area is 150 Å². The predicted molar refractivity (Wildman–Crippen MR) is 99.3 cm³/mol. The summed E-state index contributed by atoms with van der Waals surface area (Å²) < 4.78 is 1.01. The van der Waals surface area contributed by atoms with E-state index in [0.29, 0.717) is 15.8 Å². The molecule has 0 atom stereocenters. The second-order valence-electron chi connectivity index (χ2n) is 4.63. The molecule has 0 saturated heterocycles. The molecule has 0 radical (unpaired) electrons.